The van der Waals surface area contributed by atoms with Crippen molar-refractivity contribution in [3.8, 4) is 6.07 Å². The summed E-state index contributed by atoms with van der Waals surface area (Å²) in [5, 5.41) is 19.1. The van der Waals surface area contributed by atoms with E-state index in [0.29, 0.717) is 10.9 Å². The van der Waals surface area contributed by atoms with Gasteiger partial charge in [-0.25, -0.2) is 4.98 Å². The molecule has 0 bridgehead atoms. The number of fused-ring (bicyclic) bond motifs is 1. The van der Waals surface area contributed by atoms with Crippen LogP contribution in [-0.4, -0.2) is 27.2 Å². The highest BCUT2D eigenvalue weighted by Gasteiger charge is 2.12. The molecule has 0 aliphatic rings. The summed E-state index contributed by atoms with van der Waals surface area (Å²) < 4.78 is 0. The predicted molar refractivity (Wildman–Crippen MR) is 80.0 cm³/mol. The van der Waals surface area contributed by atoms with Gasteiger partial charge in [0.25, 0.3) is 5.56 Å². The van der Waals surface area contributed by atoms with Crippen LogP contribution in [-0.2, 0) is 0 Å². The lowest BCUT2D eigenvalue weighted by atomic mass is 10.2. The van der Waals surface area contributed by atoms with Gasteiger partial charge in [-0.1, -0.05) is 0 Å². The van der Waals surface area contributed by atoms with Gasteiger partial charge in [0.2, 0.25) is 0 Å². The van der Waals surface area contributed by atoms with Crippen LogP contribution in [0.1, 0.15) is 5.82 Å². The van der Waals surface area contributed by atoms with Crippen molar-refractivity contribution in [2.24, 2.45) is 0 Å². The largest absolute Gasteiger partial charge is 0.510 e. The van der Waals surface area contributed by atoms with E-state index in [-0.39, 0.29) is 28.6 Å². The fourth-order valence-electron chi connectivity index (χ4n) is 1.69. The van der Waals surface area contributed by atoms with E-state index in [1.54, 1.807) is 18.2 Å². The first-order chi connectivity index (χ1) is 9.60. The van der Waals surface area contributed by atoms with Crippen molar-refractivity contribution in [3.05, 3.63) is 40.1 Å². The number of nitriles is 1. The zero-order chi connectivity index (χ0) is 14.7. The topological polar surface area (TPSA) is 89.8 Å². The molecule has 0 spiro atoms. The van der Waals surface area contributed by atoms with Crippen LogP contribution in [0, 0.1) is 11.3 Å². The van der Waals surface area contributed by atoms with E-state index in [1.165, 1.54) is 11.8 Å². The Morgan fingerprint density at radius 3 is 2.95 bits per heavy atom. The lowest BCUT2D eigenvalue weighted by Crippen LogP contribution is -2.12. The number of hydrogen-bond acceptors (Lipinski definition) is 5. The standard InChI is InChI=1S/C13H10ClN3O2S/c1-20-7-2-3-8-10(4-7)16-12(17-13(8)19)9(6-15)11(18)5-14/h2-4,18H,5H2,1H3,(H,16,17,19). The maximum atomic E-state index is 12.0. The zero-order valence-electron chi connectivity index (χ0n) is 10.5. The van der Waals surface area contributed by atoms with Crippen LogP contribution in [0.25, 0.3) is 16.5 Å². The molecule has 1 heterocycles. The van der Waals surface area contributed by atoms with E-state index in [4.69, 9.17) is 16.9 Å². The van der Waals surface area contributed by atoms with E-state index in [9.17, 15) is 9.90 Å². The average molecular weight is 308 g/mol. The lowest BCUT2D eigenvalue weighted by molar-refractivity contribution is 0.419. The molecule has 0 radical (unpaired) electrons. The summed E-state index contributed by atoms with van der Waals surface area (Å²) in [6.45, 7) is 0. The normalized spacial score (nSPS) is 12.1. The van der Waals surface area contributed by atoms with Crippen LogP contribution < -0.4 is 5.56 Å². The van der Waals surface area contributed by atoms with Crippen molar-refractivity contribution >= 4 is 39.8 Å². The van der Waals surface area contributed by atoms with E-state index in [0.717, 1.165) is 4.90 Å². The Balaban J connectivity index is 2.74. The second-order valence-electron chi connectivity index (χ2n) is 3.86. The Morgan fingerprint density at radius 2 is 2.35 bits per heavy atom. The highest BCUT2D eigenvalue weighted by molar-refractivity contribution is 7.98. The van der Waals surface area contributed by atoms with Crippen LogP contribution in [0.5, 0.6) is 0 Å². The maximum Gasteiger partial charge on any atom is 0.259 e. The highest BCUT2D eigenvalue weighted by Crippen LogP contribution is 2.20. The predicted octanol–water partition coefficient (Wildman–Crippen LogP) is 2.68. The van der Waals surface area contributed by atoms with Gasteiger partial charge in [0, 0.05) is 4.90 Å². The van der Waals surface area contributed by atoms with Crippen LogP contribution in [0.4, 0.5) is 0 Å². The van der Waals surface area contributed by atoms with Gasteiger partial charge in [-0.3, -0.25) is 4.79 Å². The van der Waals surface area contributed by atoms with Gasteiger partial charge < -0.3 is 10.1 Å². The number of H-pyrrole nitrogens is 1. The van der Waals surface area contributed by atoms with Crippen molar-refractivity contribution in [1.29, 1.82) is 5.26 Å². The number of nitrogens with one attached hydrogen (secondary N) is 1. The van der Waals surface area contributed by atoms with Gasteiger partial charge in [0.15, 0.2) is 5.82 Å². The van der Waals surface area contributed by atoms with Crippen LogP contribution in [0.2, 0.25) is 0 Å². The first-order valence-electron chi connectivity index (χ1n) is 5.57. The van der Waals surface area contributed by atoms with Crippen molar-refractivity contribution in [2.75, 3.05) is 12.1 Å². The minimum Gasteiger partial charge on any atom is -0.510 e. The second kappa shape index (κ2) is 5.99. The highest BCUT2D eigenvalue weighted by atomic mass is 35.5. The summed E-state index contributed by atoms with van der Waals surface area (Å²) in [5.41, 5.74) is -0.0351. The number of rotatable bonds is 3. The van der Waals surface area contributed by atoms with Crippen molar-refractivity contribution in [2.45, 2.75) is 4.90 Å². The molecule has 102 valence electrons. The Morgan fingerprint density at radius 1 is 1.60 bits per heavy atom. The molecule has 2 rings (SSSR count). The Hall–Kier alpha value is -1.97. The Kier molecular flexibility index (Phi) is 4.32. The molecule has 7 heteroatoms. The summed E-state index contributed by atoms with van der Waals surface area (Å²) in [6, 6.07) is 7.05. The average Bonchev–Trinajstić information content (AvgIpc) is 2.47. The first kappa shape index (κ1) is 14.4. The van der Waals surface area contributed by atoms with Crippen molar-refractivity contribution in [1.82, 2.24) is 9.97 Å². The molecule has 0 saturated carbocycles. The molecule has 0 unspecified atom stereocenters. The molecule has 0 saturated heterocycles. The molecule has 20 heavy (non-hydrogen) atoms. The second-order valence-corrected chi connectivity index (χ2v) is 5.01. The number of halogens is 1. The van der Waals surface area contributed by atoms with E-state index in [2.05, 4.69) is 9.97 Å². The number of aliphatic hydroxyl groups is 1. The number of alkyl halides is 1. The van der Waals surface area contributed by atoms with Gasteiger partial charge in [-0.15, -0.1) is 23.4 Å². The third kappa shape index (κ3) is 2.64. The smallest absolute Gasteiger partial charge is 0.259 e. The molecule has 5 nitrogen and oxygen atoms in total. The summed E-state index contributed by atoms with van der Waals surface area (Å²) in [4.78, 5) is 19.6. The van der Waals surface area contributed by atoms with Crippen molar-refractivity contribution in [3.63, 3.8) is 0 Å². The molecule has 2 aromatic rings. The van der Waals surface area contributed by atoms with E-state index < -0.39 is 0 Å². The maximum absolute atomic E-state index is 12.0. The molecule has 0 amide bonds. The summed E-state index contributed by atoms with van der Waals surface area (Å²) >= 11 is 7.02. The quantitative estimate of drug-likeness (QED) is 0.394. The van der Waals surface area contributed by atoms with Gasteiger partial charge >= 0.3 is 0 Å². The lowest BCUT2D eigenvalue weighted by Gasteiger charge is -2.04. The fourth-order valence-corrected chi connectivity index (χ4v) is 2.25. The fraction of sp³-hybridized carbons (Fsp3) is 0.154. The molecule has 1 aromatic carbocycles. The zero-order valence-corrected chi connectivity index (χ0v) is 12.0. The number of aromatic nitrogens is 2. The number of benzene rings is 1. The molecule has 1 aromatic heterocycles. The number of nitrogens with zero attached hydrogens (tertiary/aromatic N) is 2. The first-order valence-corrected chi connectivity index (χ1v) is 7.33. The molecule has 0 atom stereocenters. The Labute approximate surface area is 123 Å². The SMILES string of the molecule is CSc1ccc2c(=O)[nH]c(C(C#N)=C(O)CCl)nc2c1. The number of hydrogen-bond donors (Lipinski definition) is 2. The number of aromatic amines is 1. The molecular formula is C13H10ClN3O2S. The minimum atomic E-state index is -0.368. The van der Waals surface area contributed by atoms with E-state index in [1.807, 2.05) is 12.3 Å². The number of aliphatic hydroxyl groups excluding tert-OH is 1. The molecule has 2 N–H and O–H groups in total. The summed E-state index contributed by atoms with van der Waals surface area (Å²) in [5.74, 6) is -0.533. The summed E-state index contributed by atoms with van der Waals surface area (Å²) in [7, 11) is 0. The van der Waals surface area contributed by atoms with Crippen LogP contribution in [0.15, 0.2) is 33.6 Å². The third-order valence-electron chi connectivity index (χ3n) is 2.68. The monoisotopic (exact) mass is 307 g/mol. The third-order valence-corrected chi connectivity index (χ3v) is 3.66. The van der Waals surface area contributed by atoms with Crippen molar-refractivity contribution < 1.29 is 5.11 Å². The number of thioether (sulfide) groups is 1. The summed E-state index contributed by atoms with van der Waals surface area (Å²) in [6.07, 6.45) is 1.91. The molecule has 0 aliphatic heterocycles. The van der Waals surface area contributed by atoms with E-state index >= 15 is 0 Å². The number of allylic oxidation sites excluding steroid dienone is 2. The Bertz CT molecular complexity index is 792. The van der Waals surface area contributed by atoms with Gasteiger partial charge in [0.1, 0.15) is 17.4 Å². The van der Waals surface area contributed by atoms with Crippen LogP contribution in [0.3, 0.4) is 0 Å². The van der Waals surface area contributed by atoms with Gasteiger partial charge in [-0.2, -0.15) is 5.26 Å². The minimum absolute atomic E-state index is 0.0152. The molecular weight excluding hydrogens is 298 g/mol. The molecule has 0 fully saturated rings. The molecule has 0 aliphatic carbocycles. The van der Waals surface area contributed by atoms with Crippen LogP contribution >= 0.6 is 23.4 Å². The van der Waals surface area contributed by atoms with Gasteiger partial charge in [-0.05, 0) is 24.5 Å². The van der Waals surface area contributed by atoms with Gasteiger partial charge in [0.05, 0.1) is 16.8 Å².